The fourth-order valence-corrected chi connectivity index (χ4v) is 1.73. The van der Waals surface area contributed by atoms with Crippen molar-refractivity contribution in [2.24, 2.45) is 0 Å². The minimum atomic E-state index is -1.51. The molecule has 1 unspecified atom stereocenters. The van der Waals surface area contributed by atoms with E-state index in [1.807, 2.05) is 0 Å². The van der Waals surface area contributed by atoms with Crippen molar-refractivity contribution in [2.75, 3.05) is 13.4 Å². The van der Waals surface area contributed by atoms with Crippen molar-refractivity contribution >= 4 is 5.97 Å². The molecule has 1 aliphatic rings. The number of aliphatic hydroxyl groups is 1. The molecule has 1 heterocycles. The third-order valence-corrected chi connectivity index (χ3v) is 2.52. The molecule has 0 amide bonds. The van der Waals surface area contributed by atoms with Crippen LogP contribution in [-0.4, -0.2) is 24.5 Å². The number of carbonyl (C=O) groups is 1. The molecular formula is C12H13FO5. The lowest BCUT2D eigenvalue weighted by molar-refractivity contribution is -0.153. The number of fused-ring (bicyclic) bond motifs is 1. The van der Waals surface area contributed by atoms with Gasteiger partial charge in [0.25, 0.3) is 0 Å². The summed E-state index contributed by atoms with van der Waals surface area (Å²) in [4.78, 5) is 11.5. The van der Waals surface area contributed by atoms with Gasteiger partial charge in [0.2, 0.25) is 6.79 Å². The number of aliphatic hydroxyl groups excluding tert-OH is 1. The average Bonchev–Trinajstić information content (AvgIpc) is 2.84. The van der Waals surface area contributed by atoms with Crippen molar-refractivity contribution < 1.29 is 28.5 Å². The number of carbonyl (C=O) groups excluding carboxylic acids is 1. The lowest BCUT2D eigenvalue weighted by Crippen LogP contribution is -2.16. The maximum absolute atomic E-state index is 12.7. The van der Waals surface area contributed by atoms with Crippen LogP contribution in [0.4, 0.5) is 4.39 Å². The van der Waals surface area contributed by atoms with Gasteiger partial charge < -0.3 is 19.3 Å². The van der Waals surface area contributed by atoms with E-state index in [0.29, 0.717) is 11.3 Å². The van der Waals surface area contributed by atoms with Gasteiger partial charge in [-0.15, -0.1) is 0 Å². The fourth-order valence-electron chi connectivity index (χ4n) is 1.73. The first kappa shape index (κ1) is 12.6. The molecule has 1 N–H and O–H groups in total. The van der Waals surface area contributed by atoms with Gasteiger partial charge in [-0.05, 0) is 24.6 Å². The van der Waals surface area contributed by atoms with Gasteiger partial charge in [-0.2, -0.15) is 0 Å². The monoisotopic (exact) mass is 256 g/mol. The van der Waals surface area contributed by atoms with Gasteiger partial charge in [0, 0.05) is 5.56 Å². The zero-order chi connectivity index (χ0) is 13.1. The van der Waals surface area contributed by atoms with Gasteiger partial charge in [-0.1, -0.05) is 0 Å². The van der Waals surface area contributed by atoms with Crippen molar-refractivity contribution in [2.45, 2.75) is 19.7 Å². The van der Waals surface area contributed by atoms with E-state index < -0.39 is 18.7 Å². The largest absolute Gasteiger partial charge is 0.464 e. The summed E-state index contributed by atoms with van der Waals surface area (Å²) in [5.41, 5.74) is 0.466. The summed E-state index contributed by atoms with van der Waals surface area (Å²) in [5, 5.41) is 9.87. The number of esters is 1. The highest BCUT2D eigenvalue weighted by atomic mass is 19.1. The lowest BCUT2D eigenvalue weighted by atomic mass is 10.0. The molecule has 0 aliphatic carbocycles. The second-order valence-corrected chi connectivity index (χ2v) is 3.71. The van der Waals surface area contributed by atoms with Crippen LogP contribution in [0.2, 0.25) is 0 Å². The minimum absolute atomic E-state index is 0.0202. The van der Waals surface area contributed by atoms with Crippen molar-refractivity contribution in [1.82, 2.24) is 0 Å². The highest BCUT2D eigenvalue weighted by Gasteiger charge is 2.28. The van der Waals surface area contributed by atoms with E-state index in [-0.39, 0.29) is 24.7 Å². The lowest BCUT2D eigenvalue weighted by Gasteiger charge is -2.13. The zero-order valence-corrected chi connectivity index (χ0v) is 9.81. The number of hydrogen-bond acceptors (Lipinski definition) is 5. The van der Waals surface area contributed by atoms with Crippen LogP contribution in [0, 0.1) is 0 Å². The fraction of sp³-hybridized carbons (Fsp3) is 0.417. The molecule has 18 heavy (non-hydrogen) atoms. The Morgan fingerprint density at radius 3 is 3.00 bits per heavy atom. The number of hydrogen-bond donors (Lipinski definition) is 1. The van der Waals surface area contributed by atoms with E-state index in [1.165, 1.54) is 12.1 Å². The molecule has 1 aromatic carbocycles. The zero-order valence-electron chi connectivity index (χ0n) is 9.81. The van der Waals surface area contributed by atoms with E-state index >= 15 is 0 Å². The Labute approximate surface area is 103 Å². The molecule has 1 atom stereocenters. The highest BCUT2D eigenvalue weighted by molar-refractivity contribution is 5.78. The van der Waals surface area contributed by atoms with Crippen LogP contribution in [0.3, 0.4) is 0 Å². The summed E-state index contributed by atoms with van der Waals surface area (Å²) in [6.45, 7) is 1.04. The van der Waals surface area contributed by atoms with Crippen LogP contribution in [0.25, 0.3) is 0 Å². The quantitative estimate of drug-likeness (QED) is 0.827. The van der Waals surface area contributed by atoms with E-state index in [0.717, 1.165) is 0 Å². The molecule has 0 saturated carbocycles. The molecule has 5 nitrogen and oxygen atoms in total. The van der Waals surface area contributed by atoms with Crippen molar-refractivity contribution in [3.8, 4) is 11.5 Å². The van der Waals surface area contributed by atoms with Crippen molar-refractivity contribution in [3.63, 3.8) is 0 Å². The SMILES string of the molecule is CCOC(=O)C(O)c1cc(CF)cc2c1OCO2. The molecule has 0 fully saturated rings. The second-order valence-electron chi connectivity index (χ2n) is 3.71. The summed E-state index contributed by atoms with van der Waals surface area (Å²) in [5.74, 6) is -0.220. The number of rotatable bonds is 4. The second kappa shape index (κ2) is 5.22. The molecule has 6 heteroatoms. The molecule has 1 aromatic rings. The number of ether oxygens (including phenoxy) is 3. The van der Waals surface area contributed by atoms with E-state index in [2.05, 4.69) is 0 Å². The molecule has 1 aliphatic heterocycles. The first-order chi connectivity index (χ1) is 8.67. The molecule has 2 rings (SSSR count). The normalized spacial score (nSPS) is 14.4. The molecular weight excluding hydrogens is 243 g/mol. The van der Waals surface area contributed by atoms with E-state index in [1.54, 1.807) is 6.92 Å². The number of halogens is 1. The van der Waals surface area contributed by atoms with Gasteiger partial charge in [0.05, 0.1) is 6.61 Å². The third-order valence-electron chi connectivity index (χ3n) is 2.52. The predicted octanol–water partition coefficient (Wildman–Crippen LogP) is 1.48. The van der Waals surface area contributed by atoms with Crippen LogP contribution < -0.4 is 9.47 Å². The Morgan fingerprint density at radius 1 is 1.56 bits per heavy atom. The first-order valence-electron chi connectivity index (χ1n) is 5.50. The Balaban J connectivity index is 2.37. The van der Waals surface area contributed by atoms with Crippen molar-refractivity contribution in [1.29, 1.82) is 0 Å². The summed E-state index contributed by atoms with van der Waals surface area (Å²) < 4.78 is 27.7. The Hall–Kier alpha value is -1.82. The van der Waals surface area contributed by atoms with Crippen LogP contribution >= 0.6 is 0 Å². The summed E-state index contributed by atoms with van der Waals surface area (Å²) in [7, 11) is 0. The molecule has 0 bridgehead atoms. The Bertz CT molecular complexity index is 460. The van der Waals surface area contributed by atoms with E-state index in [9.17, 15) is 14.3 Å². The van der Waals surface area contributed by atoms with Crippen LogP contribution in [0.5, 0.6) is 11.5 Å². The van der Waals surface area contributed by atoms with Gasteiger partial charge in [-0.3, -0.25) is 0 Å². The van der Waals surface area contributed by atoms with E-state index in [4.69, 9.17) is 14.2 Å². The number of alkyl halides is 1. The maximum atomic E-state index is 12.7. The molecule has 98 valence electrons. The summed E-state index contributed by atoms with van der Waals surface area (Å²) in [6, 6.07) is 2.85. The van der Waals surface area contributed by atoms with Gasteiger partial charge in [0.1, 0.15) is 6.67 Å². The first-order valence-corrected chi connectivity index (χ1v) is 5.50. The molecule has 0 radical (unpaired) electrons. The molecule has 0 saturated heterocycles. The smallest absolute Gasteiger partial charge is 0.339 e. The maximum Gasteiger partial charge on any atom is 0.339 e. The number of benzene rings is 1. The Kier molecular flexibility index (Phi) is 3.66. The third kappa shape index (κ3) is 2.24. The summed E-state index contributed by atoms with van der Waals surface area (Å²) in [6.07, 6.45) is -1.51. The molecule has 0 spiro atoms. The molecule has 0 aromatic heterocycles. The minimum Gasteiger partial charge on any atom is -0.464 e. The highest BCUT2D eigenvalue weighted by Crippen LogP contribution is 2.40. The van der Waals surface area contributed by atoms with Gasteiger partial charge in [-0.25, -0.2) is 9.18 Å². The Morgan fingerprint density at radius 2 is 2.33 bits per heavy atom. The topological polar surface area (TPSA) is 65.0 Å². The van der Waals surface area contributed by atoms with Crippen LogP contribution in [0.15, 0.2) is 12.1 Å². The standard InChI is InChI=1S/C12H13FO5/c1-2-16-12(15)10(14)8-3-7(5-13)4-9-11(8)18-6-17-9/h3-4,10,14H,2,5-6H2,1H3. The van der Waals surface area contributed by atoms with Gasteiger partial charge in [0.15, 0.2) is 17.6 Å². The average molecular weight is 256 g/mol. The van der Waals surface area contributed by atoms with Crippen LogP contribution in [-0.2, 0) is 16.2 Å². The summed E-state index contributed by atoms with van der Waals surface area (Å²) >= 11 is 0. The predicted molar refractivity (Wildman–Crippen MR) is 59.0 cm³/mol. The van der Waals surface area contributed by atoms with Gasteiger partial charge >= 0.3 is 5.97 Å². The van der Waals surface area contributed by atoms with Crippen molar-refractivity contribution in [3.05, 3.63) is 23.3 Å². The van der Waals surface area contributed by atoms with Crippen LogP contribution in [0.1, 0.15) is 24.2 Å².